The lowest BCUT2D eigenvalue weighted by Gasteiger charge is -2.05. The van der Waals surface area contributed by atoms with Crippen molar-refractivity contribution < 1.29 is 26.8 Å². The van der Waals surface area contributed by atoms with Crippen LogP contribution < -0.4 is 5.32 Å². The Balaban J connectivity index is 3.30. The molecule has 18 heavy (non-hydrogen) atoms. The van der Waals surface area contributed by atoms with E-state index in [1.54, 1.807) is 0 Å². The maximum Gasteiger partial charge on any atom is 0.411 e. The monoisotopic (exact) mass is 278 g/mol. The number of amides is 1. The van der Waals surface area contributed by atoms with Crippen LogP contribution >= 0.6 is 0 Å². The van der Waals surface area contributed by atoms with Gasteiger partial charge in [-0.15, -0.1) is 3.89 Å². The van der Waals surface area contributed by atoms with E-state index < -0.39 is 31.8 Å². The van der Waals surface area contributed by atoms with Crippen LogP contribution in [-0.4, -0.2) is 26.5 Å². The van der Waals surface area contributed by atoms with E-state index in [2.05, 4.69) is 4.74 Å². The van der Waals surface area contributed by atoms with Gasteiger partial charge < -0.3 is 4.74 Å². The van der Waals surface area contributed by atoms with Crippen molar-refractivity contribution in [2.24, 2.45) is 0 Å². The van der Waals surface area contributed by atoms with Crippen molar-refractivity contribution >= 4 is 27.7 Å². The van der Waals surface area contributed by atoms with Crippen LogP contribution in [-0.2, 0) is 15.0 Å². The van der Waals surface area contributed by atoms with Crippen molar-refractivity contribution in [1.29, 1.82) is 0 Å². The van der Waals surface area contributed by atoms with Gasteiger partial charge in [-0.05, 0) is 12.1 Å². The first-order valence-electron chi connectivity index (χ1n) is 4.34. The van der Waals surface area contributed by atoms with Gasteiger partial charge in [-0.1, -0.05) is 0 Å². The summed E-state index contributed by atoms with van der Waals surface area (Å²) in [6.07, 6.45) is -0.978. The minimum atomic E-state index is -5.06. The van der Waals surface area contributed by atoms with E-state index in [1.165, 1.54) is 0 Å². The van der Waals surface area contributed by atoms with Crippen LogP contribution in [0.4, 0.5) is 20.1 Å². The van der Waals surface area contributed by atoms with Gasteiger partial charge in [0.15, 0.2) is 0 Å². The highest BCUT2D eigenvalue weighted by atomic mass is 32.3. The molecule has 0 atom stereocenters. The molecule has 0 spiro atoms. The molecule has 0 saturated carbocycles. The molecule has 0 radical (unpaired) electrons. The highest BCUT2D eigenvalue weighted by Gasteiger charge is 2.21. The number of methoxy groups -OCH3 is 1. The van der Waals surface area contributed by atoms with Crippen LogP contribution in [0.25, 0.3) is 0 Å². The molecule has 0 saturated heterocycles. The molecule has 1 aromatic carbocycles. The van der Waals surface area contributed by atoms with Crippen molar-refractivity contribution in [1.82, 2.24) is 0 Å². The molecule has 0 fully saturated rings. The first kappa shape index (κ1) is 13.8. The van der Waals surface area contributed by atoms with Gasteiger partial charge in [0.2, 0.25) is 0 Å². The number of nitrogens with zero attached hydrogens (tertiary/aromatic N) is 1. The number of carbonyl (C=O) groups excluding carboxylic acids is 1. The normalized spacial score (nSPS) is 10.8. The predicted octanol–water partition coefficient (Wildman–Crippen LogP) is 1.43. The van der Waals surface area contributed by atoms with Crippen LogP contribution in [0.5, 0.6) is 0 Å². The van der Waals surface area contributed by atoms with E-state index in [0.29, 0.717) is 6.07 Å². The van der Waals surface area contributed by atoms with Crippen LogP contribution in [0.2, 0.25) is 0 Å². The van der Waals surface area contributed by atoms with Gasteiger partial charge in [-0.3, -0.25) is 15.4 Å². The molecule has 0 heterocycles. The Morgan fingerprint density at radius 1 is 1.50 bits per heavy atom. The number of halogens is 1. The SMILES string of the molecule is COC(=O)Nc1ccc(S(=O)(=O)F)cc1[N+](=O)[O-]. The fraction of sp³-hybridized carbons (Fsp3) is 0.125. The van der Waals surface area contributed by atoms with Gasteiger partial charge in [0.05, 0.1) is 12.0 Å². The lowest BCUT2D eigenvalue weighted by atomic mass is 10.2. The molecule has 1 aromatic rings. The summed E-state index contributed by atoms with van der Waals surface area (Å²) in [7, 11) is -4.01. The first-order valence-corrected chi connectivity index (χ1v) is 5.72. The molecule has 0 bridgehead atoms. The molecule has 0 unspecified atom stereocenters. The Bertz CT molecular complexity index is 600. The Morgan fingerprint density at radius 3 is 2.56 bits per heavy atom. The number of nitrogens with one attached hydrogen (secondary N) is 1. The highest BCUT2D eigenvalue weighted by molar-refractivity contribution is 7.86. The zero-order chi connectivity index (χ0) is 13.9. The summed E-state index contributed by atoms with van der Waals surface area (Å²) in [5, 5.41) is 12.7. The van der Waals surface area contributed by atoms with Crippen LogP contribution in [0.1, 0.15) is 0 Å². The minimum absolute atomic E-state index is 0.306. The second-order valence-electron chi connectivity index (χ2n) is 2.99. The third-order valence-electron chi connectivity index (χ3n) is 1.87. The maximum atomic E-state index is 12.7. The molecule has 0 aromatic heterocycles. The average Bonchev–Trinajstić information content (AvgIpc) is 2.27. The molecule has 1 rings (SSSR count). The van der Waals surface area contributed by atoms with Crippen LogP contribution in [0, 0.1) is 10.1 Å². The minimum Gasteiger partial charge on any atom is -0.453 e. The third kappa shape index (κ3) is 3.13. The van der Waals surface area contributed by atoms with Crippen molar-refractivity contribution in [2.45, 2.75) is 4.90 Å². The summed E-state index contributed by atoms with van der Waals surface area (Å²) in [6, 6.07) is 2.18. The van der Waals surface area contributed by atoms with Crippen molar-refractivity contribution in [3.05, 3.63) is 28.3 Å². The molecule has 0 aliphatic carbocycles. The Morgan fingerprint density at radius 2 is 2.11 bits per heavy atom. The maximum absolute atomic E-state index is 12.7. The molecular weight excluding hydrogens is 271 g/mol. The fourth-order valence-corrected chi connectivity index (χ4v) is 1.56. The van der Waals surface area contributed by atoms with E-state index in [9.17, 15) is 27.2 Å². The number of carbonyl (C=O) groups is 1. The first-order chi connectivity index (χ1) is 8.25. The largest absolute Gasteiger partial charge is 0.453 e. The highest BCUT2D eigenvalue weighted by Crippen LogP contribution is 2.28. The zero-order valence-electron chi connectivity index (χ0n) is 8.91. The standard InChI is InChI=1S/C8H7FN2O6S/c1-17-8(12)10-6-3-2-5(18(9,15)16)4-7(6)11(13)14/h2-4H,1H3,(H,10,12). The van der Waals surface area contributed by atoms with Gasteiger partial charge in [0.25, 0.3) is 5.69 Å². The van der Waals surface area contributed by atoms with Crippen LogP contribution in [0.15, 0.2) is 23.1 Å². The van der Waals surface area contributed by atoms with Gasteiger partial charge >= 0.3 is 16.3 Å². The van der Waals surface area contributed by atoms with Crippen LogP contribution in [0.3, 0.4) is 0 Å². The summed E-state index contributed by atoms with van der Waals surface area (Å²) in [6.45, 7) is 0. The number of benzene rings is 1. The summed E-state index contributed by atoms with van der Waals surface area (Å²) >= 11 is 0. The fourth-order valence-electron chi connectivity index (χ4n) is 1.08. The van der Waals surface area contributed by atoms with Gasteiger partial charge in [-0.2, -0.15) is 8.42 Å². The summed E-state index contributed by atoms with van der Waals surface area (Å²) in [5.41, 5.74) is -1.07. The molecule has 0 aliphatic heterocycles. The van der Waals surface area contributed by atoms with E-state index in [-0.39, 0.29) is 5.69 Å². The number of hydrogen-bond donors (Lipinski definition) is 1. The van der Waals surface area contributed by atoms with E-state index in [0.717, 1.165) is 19.2 Å². The average molecular weight is 278 g/mol. The second kappa shape index (κ2) is 4.96. The number of nitro groups is 1. The summed E-state index contributed by atoms with van der Waals surface area (Å²) in [5.74, 6) is 0. The number of ether oxygens (including phenoxy) is 1. The molecule has 10 heteroatoms. The number of hydrogen-bond acceptors (Lipinski definition) is 6. The van der Waals surface area contributed by atoms with Crippen molar-refractivity contribution in [3.63, 3.8) is 0 Å². The lowest BCUT2D eigenvalue weighted by Crippen LogP contribution is -2.12. The quantitative estimate of drug-likeness (QED) is 0.508. The lowest BCUT2D eigenvalue weighted by molar-refractivity contribution is -0.384. The topological polar surface area (TPSA) is 116 Å². The predicted molar refractivity (Wildman–Crippen MR) is 57.4 cm³/mol. The summed E-state index contributed by atoms with van der Waals surface area (Å²) < 4.78 is 38.1. The third-order valence-corrected chi connectivity index (χ3v) is 2.69. The Hall–Kier alpha value is -2.23. The van der Waals surface area contributed by atoms with Gasteiger partial charge in [0.1, 0.15) is 10.6 Å². The second-order valence-corrected chi connectivity index (χ2v) is 4.34. The van der Waals surface area contributed by atoms with E-state index >= 15 is 0 Å². The Kier molecular flexibility index (Phi) is 3.81. The van der Waals surface area contributed by atoms with Gasteiger partial charge in [0, 0.05) is 6.07 Å². The number of nitro benzene ring substituents is 1. The molecule has 8 nitrogen and oxygen atoms in total. The van der Waals surface area contributed by atoms with E-state index in [1.807, 2.05) is 5.32 Å². The van der Waals surface area contributed by atoms with Crippen molar-refractivity contribution in [2.75, 3.05) is 12.4 Å². The molecule has 1 amide bonds. The number of anilines is 1. The molecular formula is C8H7FN2O6S. The van der Waals surface area contributed by atoms with Crippen molar-refractivity contribution in [3.8, 4) is 0 Å². The Labute approximate surface area is 101 Å². The molecule has 1 N–H and O–H groups in total. The molecule has 0 aliphatic rings. The molecule has 98 valence electrons. The smallest absolute Gasteiger partial charge is 0.411 e. The van der Waals surface area contributed by atoms with E-state index in [4.69, 9.17) is 0 Å². The summed E-state index contributed by atoms with van der Waals surface area (Å²) in [4.78, 5) is 19.7. The zero-order valence-corrected chi connectivity index (χ0v) is 9.73. The van der Waals surface area contributed by atoms with Gasteiger partial charge in [-0.25, -0.2) is 4.79 Å². The number of rotatable bonds is 3.